The van der Waals surface area contributed by atoms with Crippen molar-refractivity contribution in [1.29, 1.82) is 0 Å². The van der Waals surface area contributed by atoms with Crippen molar-refractivity contribution in [2.24, 2.45) is 0 Å². The van der Waals surface area contributed by atoms with Crippen LogP contribution in [0, 0.1) is 12.7 Å². The maximum absolute atomic E-state index is 13.5. The van der Waals surface area contributed by atoms with Crippen molar-refractivity contribution in [2.45, 2.75) is 19.4 Å². The van der Waals surface area contributed by atoms with Crippen molar-refractivity contribution in [3.8, 4) is 0 Å². The van der Waals surface area contributed by atoms with E-state index < -0.39 is 11.9 Å². The second kappa shape index (κ2) is 6.69. The standard InChI is InChI=1S/C14H14ClFN2O3/c1-8-10(14(15)21-18-8)6-13(20)17-7-12(19)9-4-2-3-5-11(9)16/h2-5,12,19H,6-7H2,1H3,(H,17,20). The molecule has 1 aromatic carbocycles. The summed E-state index contributed by atoms with van der Waals surface area (Å²) in [6, 6.07) is 5.86. The average molecular weight is 313 g/mol. The number of carbonyl (C=O) groups is 1. The largest absolute Gasteiger partial charge is 0.386 e. The molecule has 0 aliphatic rings. The first kappa shape index (κ1) is 15.5. The third-order valence-corrected chi connectivity index (χ3v) is 3.33. The van der Waals surface area contributed by atoms with E-state index in [-0.39, 0.29) is 29.7 Å². The predicted molar refractivity (Wildman–Crippen MR) is 74.3 cm³/mol. The molecule has 21 heavy (non-hydrogen) atoms. The van der Waals surface area contributed by atoms with E-state index in [2.05, 4.69) is 10.5 Å². The van der Waals surface area contributed by atoms with Gasteiger partial charge in [0.05, 0.1) is 18.2 Å². The fourth-order valence-electron chi connectivity index (χ4n) is 1.85. The van der Waals surface area contributed by atoms with Gasteiger partial charge < -0.3 is 14.9 Å². The van der Waals surface area contributed by atoms with Gasteiger partial charge in [0.25, 0.3) is 0 Å². The van der Waals surface area contributed by atoms with Gasteiger partial charge in [-0.25, -0.2) is 4.39 Å². The normalized spacial score (nSPS) is 12.2. The van der Waals surface area contributed by atoms with Crippen molar-refractivity contribution >= 4 is 17.5 Å². The summed E-state index contributed by atoms with van der Waals surface area (Å²) < 4.78 is 18.2. The van der Waals surface area contributed by atoms with Gasteiger partial charge in [0, 0.05) is 17.7 Å². The minimum atomic E-state index is -1.12. The van der Waals surface area contributed by atoms with Crippen LogP contribution in [0.1, 0.15) is 22.9 Å². The second-order valence-corrected chi connectivity index (χ2v) is 4.88. The number of aromatic nitrogens is 1. The smallest absolute Gasteiger partial charge is 0.229 e. The zero-order chi connectivity index (χ0) is 15.4. The Morgan fingerprint density at radius 3 is 2.86 bits per heavy atom. The van der Waals surface area contributed by atoms with Crippen LogP contribution >= 0.6 is 11.6 Å². The lowest BCUT2D eigenvalue weighted by molar-refractivity contribution is -0.120. The molecule has 1 unspecified atom stereocenters. The number of carbonyl (C=O) groups excluding carboxylic acids is 1. The lowest BCUT2D eigenvalue weighted by atomic mass is 10.1. The highest BCUT2D eigenvalue weighted by Gasteiger charge is 2.17. The number of amides is 1. The number of halogens is 2. The average Bonchev–Trinajstić information content (AvgIpc) is 2.77. The van der Waals surface area contributed by atoms with Gasteiger partial charge in [0.15, 0.2) is 0 Å². The highest BCUT2D eigenvalue weighted by molar-refractivity contribution is 6.29. The van der Waals surface area contributed by atoms with Gasteiger partial charge in [-0.1, -0.05) is 23.4 Å². The minimum Gasteiger partial charge on any atom is -0.386 e. The summed E-state index contributed by atoms with van der Waals surface area (Å²) in [5.41, 5.74) is 1.16. The molecule has 1 aromatic heterocycles. The van der Waals surface area contributed by atoms with E-state index >= 15 is 0 Å². The molecule has 0 fully saturated rings. The number of benzene rings is 1. The van der Waals surface area contributed by atoms with Gasteiger partial charge in [-0.05, 0) is 24.6 Å². The van der Waals surface area contributed by atoms with Gasteiger partial charge in [0.2, 0.25) is 11.1 Å². The first-order chi connectivity index (χ1) is 9.99. The molecule has 1 atom stereocenters. The topological polar surface area (TPSA) is 75.4 Å². The maximum atomic E-state index is 13.5. The van der Waals surface area contributed by atoms with Crippen LogP contribution in [0.2, 0.25) is 5.22 Å². The molecule has 1 heterocycles. The van der Waals surface area contributed by atoms with Crippen LogP contribution < -0.4 is 5.32 Å². The van der Waals surface area contributed by atoms with Crippen molar-refractivity contribution in [3.63, 3.8) is 0 Å². The monoisotopic (exact) mass is 312 g/mol. The molecule has 2 N–H and O–H groups in total. The van der Waals surface area contributed by atoms with Gasteiger partial charge in [-0.2, -0.15) is 0 Å². The molecule has 7 heteroatoms. The van der Waals surface area contributed by atoms with Crippen molar-refractivity contribution in [1.82, 2.24) is 10.5 Å². The third-order valence-electron chi connectivity index (χ3n) is 3.03. The highest BCUT2D eigenvalue weighted by Crippen LogP contribution is 2.19. The van der Waals surface area contributed by atoms with Crippen LogP contribution in [0.25, 0.3) is 0 Å². The van der Waals surface area contributed by atoms with E-state index in [1.54, 1.807) is 13.0 Å². The van der Waals surface area contributed by atoms with Gasteiger partial charge in [0.1, 0.15) is 5.82 Å². The SMILES string of the molecule is Cc1noc(Cl)c1CC(=O)NCC(O)c1ccccc1F. The van der Waals surface area contributed by atoms with Crippen LogP contribution in [0.3, 0.4) is 0 Å². The zero-order valence-corrected chi connectivity index (χ0v) is 12.0. The Morgan fingerprint density at radius 2 is 2.24 bits per heavy atom. The summed E-state index contributed by atoms with van der Waals surface area (Å²) in [4.78, 5) is 11.8. The predicted octanol–water partition coefficient (Wildman–Crippen LogP) is 2.17. The maximum Gasteiger partial charge on any atom is 0.229 e. The molecule has 1 amide bonds. The quantitative estimate of drug-likeness (QED) is 0.887. The Labute approximate surface area is 125 Å². The summed E-state index contributed by atoms with van der Waals surface area (Å²) in [6.45, 7) is 1.58. The number of nitrogens with zero attached hydrogens (tertiary/aromatic N) is 1. The zero-order valence-electron chi connectivity index (χ0n) is 11.3. The number of rotatable bonds is 5. The number of aliphatic hydroxyl groups is 1. The van der Waals surface area contributed by atoms with Crippen LogP contribution in [-0.4, -0.2) is 22.7 Å². The number of hydrogen-bond donors (Lipinski definition) is 2. The Morgan fingerprint density at radius 1 is 1.52 bits per heavy atom. The molecule has 0 aliphatic heterocycles. The summed E-state index contributed by atoms with van der Waals surface area (Å²) >= 11 is 5.76. The van der Waals surface area contributed by atoms with E-state index in [4.69, 9.17) is 16.1 Å². The molecule has 0 aliphatic carbocycles. The van der Waals surface area contributed by atoms with Gasteiger partial charge in [-0.15, -0.1) is 0 Å². The Kier molecular flexibility index (Phi) is 4.93. The molecule has 0 saturated heterocycles. The molecule has 0 radical (unpaired) electrons. The fourth-order valence-corrected chi connectivity index (χ4v) is 2.09. The van der Waals surface area contributed by atoms with Crippen molar-refractivity contribution in [3.05, 3.63) is 52.1 Å². The Hall–Kier alpha value is -1.92. The number of aryl methyl sites for hydroxylation is 1. The van der Waals surface area contributed by atoms with E-state index in [0.717, 1.165) is 0 Å². The number of aliphatic hydroxyl groups excluding tert-OH is 1. The summed E-state index contributed by atoms with van der Waals surface area (Å²) in [7, 11) is 0. The summed E-state index contributed by atoms with van der Waals surface area (Å²) in [5, 5.41) is 16.1. The lowest BCUT2D eigenvalue weighted by Gasteiger charge is -2.12. The molecule has 5 nitrogen and oxygen atoms in total. The highest BCUT2D eigenvalue weighted by atomic mass is 35.5. The Bertz CT molecular complexity index is 625. The van der Waals surface area contributed by atoms with E-state index in [1.165, 1.54) is 18.2 Å². The lowest BCUT2D eigenvalue weighted by Crippen LogP contribution is -2.30. The van der Waals surface area contributed by atoms with Gasteiger partial charge >= 0.3 is 0 Å². The molecular formula is C14H14ClFN2O3. The van der Waals surface area contributed by atoms with Crippen molar-refractivity contribution in [2.75, 3.05) is 6.54 Å². The van der Waals surface area contributed by atoms with Crippen LogP contribution in [0.15, 0.2) is 28.8 Å². The molecule has 0 bridgehead atoms. The molecule has 0 spiro atoms. The minimum absolute atomic E-state index is 0.0157. The number of hydrogen-bond acceptors (Lipinski definition) is 4. The molecule has 112 valence electrons. The summed E-state index contributed by atoms with van der Waals surface area (Å²) in [6.07, 6.45) is -1.13. The molecule has 2 aromatic rings. The van der Waals surface area contributed by atoms with Crippen LogP contribution in [0.5, 0.6) is 0 Å². The van der Waals surface area contributed by atoms with Crippen LogP contribution in [0.4, 0.5) is 4.39 Å². The van der Waals surface area contributed by atoms with Crippen molar-refractivity contribution < 1.29 is 18.8 Å². The third kappa shape index (κ3) is 3.80. The van der Waals surface area contributed by atoms with Crippen LogP contribution in [-0.2, 0) is 11.2 Å². The number of nitrogens with one attached hydrogen (secondary N) is 1. The second-order valence-electron chi connectivity index (χ2n) is 4.54. The van der Waals surface area contributed by atoms with Gasteiger partial charge in [-0.3, -0.25) is 4.79 Å². The first-order valence-electron chi connectivity index (χ1n) is 6.29. The van der Waals surface area contributed by atoms with E-state index in [0.29, 0.717) is 11.3 Å². The molecule has 0 saturated carbocycles. The first-order valence-corrected chi connectivity index (χ1v) is 6.66. The van der Waals surface area contributed by atoms with E-state index in [1.807, 2.05) is 0 Å². The Balaban J connectivity index is 1.91. The molecule has 2 rings (SSSR count). The summed E-state index contributed by atoms with van der Waals surface area (Å²) in [5.74, 6) is -0.879. The molecular weight excluding hydrogens is 299 g/mol. The van der Waals surface area contributed by atoms with E-state index in [9.17, 15) is 14.3 Å². The fraction of sp³-hybridized carbons (Fsp3) is 0.286.